The molecule has 3 rings (SSSR count). The van der Waals surface area contributed by atoms with E-state index in [1.807, 2.05) is 11.3 Å². The van der Waals surface area contributed by atoms with Gasteiger partial charge in [-0.1, -0.05) is 13.8 Å². The Morgan fingerprint density at radius 1 is 1.40 bits per heavy atom. The molecule has 2 heterocycles. The second-order valence-corrected chi connectivity index (χ2v) is 7.70. The van der Waals surface area contributed by atoms with E-state index < -0.39 is 0 Å². The molecule has 1 fully saturated rings. The van der Waals surface area contributed by atoms with Crippen molar-refractivity contribution in [3.63, 3.8) is 0 Å². The van der Waals surface area contributed by atoms with E-state index in [-0.39, 0.29) is 0 Å². The standard InChI is InChI=1S/C17H28N2S/c1-3-18-16-5-4-13(2)10-15(16)12-19-8-6-17-14(11-19)7-9-20-17/h7,9,13,15-16,18H,3-6,8,10-12H2,1-2H3. The molecule has 0 bridgehead atoms. The summed E-state index contributed by atoms with van der Waals surface area (Å²) >= 11 is 1.94. The molecule has 1 saturated carbocycles. The van der Waals surface area contributed by atoms with Gasteiger partial charge in [-0.3, -0.25) is 4.90 Å². The smallest absolute Gasteiger partial charge is 0.0245 e. The minimum absolute atomic E-state index is 0.750. The average Bonchev–Trinajstić information content (AvgIpc) is 2.89. The van der Waals surface area contributed by atoms with Crippen LogP contribution in [0.3, 0.4) is 0 Å². The molecule has 3 atom stereocenters. The minimum atomic E-state index is 0.750. The summed E-state index contributed by atoms with van der Waals surface area (Å²) in [6.07, 6.45) is 5.45. The molecule has 1 aliphatic carbocycles. The highest BCUT2D eigenvalue weighted by atomic mass is 32.1. The van der Waals surface area contributed by atoms with Crippen LogP contribution >= 0.6 is 11.3 Å². The molecule has 1 N–H and O–H groups in total. The first kappa shape index (κ1) is 14.6. The first-order chi connectivity index (χ1) is 9.76. The Kier molecular flexibility index (Phi) is 4.79. The maximum absolute atomic E-state index is 3.73. The summed E-state index contributed by atoms with van der Waals surface area (Å²) in [7, 11) is 0. The largest absolute Gasteiger partial charge is 0.314 e. The van der Waals surface area contributed by atoms with E-state index in [9.17, 15) is 0 Å². The quantitative estimate of drug-likeness (QED) is 0.913. The van der Waals surface area contributed by atoms with Crippen molar-refractivity contribution in [2.75, 3.05) is 19.6 Å². The van der Waals surface area contributed by atoms with Crippen LogP contribution in [0.2, 0.25) is 0 Å². The van der Waals surface area contributed by atoms with E-state index in [2.05, 4.69) is 35.5 Å². The lowest BCUT2D eigenvalue weighted by molar-refractivity contribution is 0.137. The number of hydrogen-bond acceptors (Lipinski definition) is 3. The van der Waals surface area contributed by atoms with Crippen LogP contribution in [-0.4, -0.2) is 30.6 Å². The van der Waals surface area contributed by atoms with Crippen LogP contribution in [0.4, 0.5) is 0 Å². The zero-order chi connectivity index (χ0) is 13.9. The van der Waals surface area contributed by atoms with Crippen molar-refractivity contribution < 1.29 is 0 Å². The van der Waals surface area contributed by atoms with Gasteiger partial charge in [0.25, 0.3) is 0 Å². The molecule has 3 unspecified atom stereocenters. The van der Waals surface area contributed by atoms with Gasteiger partial charge in [-0.05, 0) is 61.1 Å². The van der Waals surface area contributed by atoms with Crippen molar-refractivity contribution >= 4 is 11.3 Å². The molecular weight excluding hydrogens is 264 g/mol. The van der Waals surface area contributed by atoms with Crippen LogP contribution in [0.15, 0.2) is 11.4 Å². The van der Waals surface area contributed by atoms with Crippen molar-refractivity contribution in [3.05, 3.63) is 21.9 Å². The van der Waals surface area contributed by atoms with Crippen LogP contribution < -0.4 is 5.32 Å². The van der Waals surface area contributed by atoms with Gasteiger partial charge in [0.2, 0.25) is 0 Å². The van der Waals surface area contributed by atoms with Gasteiger partial charge in [0.1, 0.15) is 0 Å². The van der Waals surface area contributed by atoms with Gasteiger partial charge in [-0.2, -0.15) is 0 Å². The van der Waals surface area contributed by atoms with Crippen molar-refractivity contribution in [1.82, 2.24) is 10.2 Å². The molecule has 0 amide bonds. The first-order valence-corrected chi connectivity index (χ1v) is 9.15. The molecule has 0 spiro atoms. The molecule has 112 valence electrons. The van der Waals surface area contributed by atoms with Crippen LogP contribution in [0.25, 0.3) is 0 Å². The van der Waals surface area contributed by atoms with Crippen LogP contribution in [-0.2, 0) is 13.0 Å². The lowest BCUT2D eigenvalue weighted by Gasteiger charge is -2.39. The number of fused-ring (bicyclic) bond motifs is 1. The summed E-state index contributed by atoms with van der Waals surface area (Å²) in [5, 5.41) is 6.00. The van der Waals surface area contributed by atoms with Gasteiger partial charge in [0.05, 0.1) is 0 Å². The highest BCUT2D eigenvalue weighted by Crippen LogP contribution is 2.31. The molecule has 20 heavy (non-hydrogen) atoms. The monoisotopic (exact) mass is 292 g/mol. The molecule has 3 heteroatoms. The SMILES string of the molecule is CCNC1CCC(C)CC1CN1CCc2sccc2C1. The molecular formula is C17H28N2S. The van der Waals surface area contributed by atoms with Gasteiger partial charge in [-0.25, -0.2) is 0 Å². The van der Waals surface area contributed by atoms with E-state index in [0.717, 1.165) is 24.4 Å². The topological polar surface area (TPSA) is 15.3 Å². The molecule has 1 aromatic heterocycles. The maximum atomic E-state index is 3.73. The lowest BCUT2D eigenvalue weighted by atomic mass is 9.78. The van der Waals surface area contributed by atoms with Crippen molar-refractivity contribution in [1.29, 1.82) is 0 Å². The summed E-state index contributed by atoms with van der Waals surface area (Å²) in [6.45, 7) is 9.53. The van der Waals surface area contributed by atoms with Crippen LogP contribution in [0.1, 0.15) is 43.6 Å². The Bertz CT molecular complexity index is 428. The van der Waals surface area contributed by atoms with Crippen molar-refractivity contribution in [2.45, 2.75) is 52.1 Å². The molecule has 1 aliphatic heterocycles. The summed E-state index contributed by atoms with van der Waals surface area (Å²) < 4.78 is 0. The zero-order valence-corrected chi connectivity index (χ0v) is 13.7. The number of nitrogens with zero attached hydrogens (tertiary/aromatic N) is 1. The van der Waals surface area contributed by atoms with Gasteiger partial charge in [-0.15, -0.1) is 11.3 Å². The van der Waals surface area contributed by atoms with Gasteiger partial charge < -0.3 is 5.32 Å². The highest BCUT2D eigenvalue weighted by Gasteiger charge is 2.30. The fraction of sp³-hybridized carbons (Fsp3) is 0.765. The third-order valence-corrected chi connectivity index (χ3v) is 6.11. The van der Waals surface area contributed by atoms with E-state index in [1.165, 1.54) is 45.3 Å². The first-order valence-electron chi connectivity index (χ1n) is 8.27. The van der Waals surface area contributed by atoms with E-state index in [1.54, 1.807) is 10.4 Å². The maximum Gasteiger partial charge on any atom is 0.0245 e. The van der Waals surface area contributed by atoms with E-state index >= 15 is 0 Å². The second kappa shape index (κ2) is 6.59. The third-order valence-electron chi connectivity index (χ3n) is 5.09. The highest BCUT2D eigenvalue weighted by molar-refractivity contribution is 7.10. The summed E-state index contributed by atoms with van der Waals surface area (Å²) in [6, 6.07) is 3.08. The van der Waals surface area contributed by atoms with E-state index in [4.69, 9.17) is 0 Å². The van der Waals surface area contributed by atoms with Crippen LogP contribution in [0, 0.1) is 11.8 Å². The fourth-order valence-electron chi connectivity index (χ4n) is 4.03. The lowest BCUT2D eigenvalue weighted by Crippen LogP contribution is -2.46. The van der Waals surface area contributed by atoms with Gasteiger partial charge in [0.15, 0.2) is 0 Å². The van der Waals surface area contributed by atoms with Gasteiger partial charge in [0, 0.05) is 30.6 Å². The fourth-order valence-corrected chi connectivity index (χ4v) is 4.92. The number of thiophene rings is 1. The Hall–Kier alpha value is -0.380. The minimum Gasteiger partial charge on any atom is -0.314 e. The van der Waals surface area contributed by atoms with Crippen molar-refractivity contribution in [3.8, 4) is 0 Å². The predicted molar refractivity (Wildman–Crippen MR) is 87.3 cm³/mol. The zero-order valence-electron chi connectivity index (χ0n) is 12.9. The Morgan fingerprint density at radius 3 is 3.15 bits per heavy atom. The average molecular weight is 292 g/mol. The predicted octanol–water partition coefficient (Wildman–Crippen LogP) is 3.52. The molecule has 0 saturated heterocycles. The number of rotatable bonds is 4. The third kappa shape index (κ3) is 3.26. The molecule has 2 aliphatic rings. The molecule has 1 aromatic rings. The molecule has 0 radical (unpaired) electrons. The molecule has 2 nitrogen and oxygen atoms in total. The summed E-state index contributed by atoms with van der Waals surface area (Å²) in [4.78, 5) is 4.32. The Balaban J connectivity index is 1.60. The van der Waals surface area contributed by atoms with Gasteiger partial charge >= 0.3 is 0 Å². The van der Waals surface area contributed by atoms with E-state index in [0.29, 0.717) is 0 Å². The second-order valence-electron chi connectivity index (χ2n) is 6.70. The number of nitrogens with one attached hydrogen (secondary N) is 1. The molecule has 0 aromatic carbocycles. The Morgan fingerprint density at radius 2 is 2.30 bits per heavy atom. The summed E-state index contributed by atoms with van der Waals surface area (Å²) in [5.41, 5.74) is 1.59. The Labute approximate surface area is 127 Å². The van der Waals surface area contributed by atoms with Crippen LogP contribution in [0.5, 0.6) is 0 Å². The summed E-state index contributed by atoms with van der Waals surface area (Å²) in [5.74, 6) is 1.76. The van der Waals surface area contributed by atoms with Crippen molar-refractivity contribution in [2.24, 2.45) is 11.8 Å². The normalized spacial score (nSPS) is 31.2. The number of hydrogen-bond donors (Lipinski definition) is 1.